The molecule has 0 aliphatic rings. The number of halogens is 1. The summed E-state index contributed by atoms with van der Waals surface area (Å²) in [5.41, 5.74) is 2.67. The maximum absolute atomic E-state index is 13.8. The number of hydrogen-bond donors (Lipinski definition) is 0. The lowest BCUT2D eigenvalue weighted by Gasteiger charge is -2.24. The molecule has 0 unspecified atom stereocenters. The molecular formula is C13H21FN2. The molecule has 0 fully saturated rings. The molecule has 0 amide bonds. The Labute approximate surface area is 97.5 Å². The van der Waals surface area contributed by atoms with E-state index in [-0.39, 0.29) is 11.7 Å². The molecule has 1 heterocycles. The lowest BCUT2D eigenvalue weighted by atomic mass is 9.96. The molecular weight excluding hydrogens is 203 g/mol. The van der Waals surface area contributed by atoms with Crippen LogP contribution in [0, 0.1) is 5.82 Å². The summed E-state index contributed by atoms with van der Waals surface area (Å²) in [5.74, 6) is 0.261. The van der Waals surface area contributed by atoms with Crippen LogP contribution >= 0.6 is 0 Å². The highest BCUT2D eigenvalue weighted by atomic mass is 19.1. The Morgan fingerprint density at radius 1 is 1.12 bits per heavy atom. The van der Waals surface area contributed by atoms with Crippen molar-refractivity contribution in [3.63, 3.8) is 0 Å². The molecule has 0 saturated heterocycles. The molecule has 0 aliphatic carbocycles. The molecule has 1 rings (SSSR count). The number of nitrogens with zero attached hydrogens (tertiary/aromatic N) is 2. The monoisotopic (exact) mass is 224 g/mol. The van der Waals surface area contributed by atoms with Gasteiger partial charge in [-0.15, -0.1) is 0 Å². The zero-order valence-corrected chi connectivity index (χ0v) is 11.0. The summed E-state index contributed by atoms with van der Waals surface area (Å²) in [7, 11) is 3.88. The third-order valence-electron chi connectivity index (χ3n) is 2.64. The fourth-order valence-electron chi connectivity index (χ4n) is 1.95. The molecule has 0 atom stereocenters. The molecule has 0 aliphatic heterocycles. The van der Waals surface area contributed by atoms with E-state index in [0.717, 1.165) is 16.9 Å². The van der Waals surface area contributed by atoms with Crippen molar-refractivity contribution in [1.82, 2.24) is 4.98 Å². The van der Waals surface area contributed by atoms with E-state index in [1.54, 1.807) is 0 Å². The molecule has 0 radical (unpaired) electrons. The lowest BCUT2D eigenvalue weighted by molar-refractivity contribution is 0.586. The van der Waals surface area contributed by atoms with Gasteiger partial charge in [0.05, 0.1) is 17.6 Å². The number of aromatic nitrogens is 1. The van der Waals surface area contributed by atoms with Crippen molar-refractivity contribution in [3.05, 3.63) is 23.3 Å². The fraction of sp³-hybridized carbons (Fsp3) is 0.615. The molecule has 0 N–H and O–H groups in total. The van der Waals surface area contributed by atoms with Crippen molar-refractivity contribution in [1.29, 1.82) is 0 Å². The maximum Gasteiger partial charge on any atom is 0.147 e. The first-order chi connectivity index (χ1) is 7.36. The molecule has 0 spiro atoms. The first-order valence-corrected chi connectivity index (χ1v) is 5.71. The van der Waals surface area contributed by atoms with Crippen molar-refractivity contribution in [3.8, 4) is 0 Å². The third-order valence-corrected chi connectivity index (χ3v) is 2.64. The summed E-state index contributed by atoms with van der Waals surface area (Å²) in [6, 6.07) is 0. The summed E-state index contributed by atoms with van der Waals surface area (Å²) < 4.78 is 13.8. The first-order valence-electron chi connectivity index (χ1n) is 5.71. The van der Waals surface area contributed by atoms with Gasteiger partial charge >= 0.3 is 0 Å². The number of hydrogen-bond acceptors (Lipinski definition) is 2. The Kier molecular flexibility index (Phi) is 3.89. The van der Waals surface area contributed by atoms with E-state index in [1.165, 1.54) is 6.20 Å². The second-order valence-electron chi connectivity index (χ2n) is 4.96. The molecule has 0 aromatic carbocycles. The van der Waals surface area contributed by atoms with Gasteiger partial charge in [-0.2, -0.15) is 0 Å². The predicted molar refractivity (Wildman–Crippen MR) is 66.7 cm³/mol. The van der Waals surface area contributed by atoms with Gasteiger partial charge in [0.2, 0.25) is 0 Å². The van der Waals surface area contributed by atoms with Crippen molar-refractivity contribution in [2.45, 2.75) is 39.5 Å². The van der Waals surface area contributed by atoms with Gasteiger partial charge in [-0.25, -0.2) is 4.39 Å². The second kappa shape index (κ2) is 4.81. The number of anilines is 1. The van der Waals surface area contributed by atoms with Crippen LogP contribution in [0.1, 0.15) is 50.8 Å². The van der Waals surface area contributed by atoms with E-state index < -0.39 is 0 Å². The van der Waals surface area contributed by atoms with Gasteiger partial charge in [0.15, 0.2) is 0 Å². The quantitative estimate of drug-likeness (QED) is 0.780. The van der Waals surface area contributed by atoms with Crippen LogP contribution in [0.4, 0.5) is 10.1 Å². The van der Waals surface area contributed by atoms with Crippen molar-refractivity contribution >= 4 is 5.69 Å². The average Bonchev–Trinajstić information content (AvgIpc) is 2.15. The van der Waals surface area contributed by atoms with Crippen LogP contribution in [0.25, 0.3) is 0 Å². The minimum atomic E-state index is -0.205. The Bertz CT molecular complexity index is 370. The van der Waals surface area contributed by atoms with Crippen molar-refractivity contribution < 1.29 is 4.39 Å². The summed E-state index contributed by atoms with van der Waals surface area (Å²) >= 11 is 0. The molecule has 0 bridgehead atoms. The van der Waals surface area contributed by atoms with E-state index in [2.05, 4.69) is 18.8 Å². The molecule has 0 saturated carbocycles. The van der Waals surface area contributed by atoms with Crippen LogP contribution in [0.2, 0.25) is 0 Å². The number of pyridine rings is 1. The second-order valence-corrected chi connectivity index (χ2v) is 4.96. The molecule has 3 heteroatoms. The highest BCUT2D eigenvalue weighted by molar-refractivity contribution is 5.58. The minimum absolute atomic E-state index is 0.165. The minimum Gasteiger partial charge on any atom is -0.376 e. The summed E-state index contributed by atoms with van der Waals surface area (Å²) in [6.45, 7) is 8.18. The van der Waals surface area contributed by atoms with Crippen LogP contribution in [0.15, 0.2) is 6.20 Å². The lowest BCUT2D eigenvalue weighted by Crippen LogP contribution is -2.17. The average molecular weight is 224 g/mol. The van der Waals surface area contributed by atoms with Gasteiger partial charge in [-0.1, -0.05) is 27.7 Å². The van der Waals surface area contributed by atoms with Crippen LogP contribution in [-0.4, -0.2) is 19.1 Å². The van der Waals surface area contributed by atoms with Crippen LogP contribution in [0.5, 0.6) is 0 Å². The molecule has 1 aromatic heterocycles. The molecule has 2 nitrogen and oxygen atoms in total. The van der Waals surface area contributed by atoms with Gasteiger partial charge in [-0.3, -0.25) is 4.98 Å². The van der Waals surface area contributed by atoms with E-state index in [9.17, 15) is 4.39 Å². The van der Waals surface area contributed by atoms with Gasteiger partial charge in [0.1, 0.15) is 5.82 Å². The van der Waals surface area contributed by atoms with Crippen molar-refractivity contribution in [2.75, 3.05) is 19.0 Å². The van der Waals surface area contributed by atoms with Crippen LogP contribution in [-0.2, 0) is 0 Å². The summed E-state index contributed by atoms with van der Waals surface area (Å²) in [4.78, 5) is 6.18. The van der Waals surface area contributed by atoms with Gasteiger partial charge in [0.25, 0.3) is 0 Å². The molecule has 1 aromatic rings. The predicted octanol–water partition coefficient (Wildman–Crippen LogP) is 3.53. The Balaban J connectivity index is 3.50. The smallest absolute Gasteiger partial charge is 0.147 e. The topological polar surface area (TPSA) is 16.1 Å². The van der Waals surface area contributed by atoms with E-state index >= 15 is 0 Å². The largest absolute Gasteiger partial charge is 0.376 e. The number of rotatable bonds is 3. The van der Waals surface area contributed by atoms with E-state index in [4.69, 9.17) is 0 Å². The van der Waals surface area contributed by atoms with Gasteiger partial charge < -0.3 is 4.90 Å². The van der Waals surface area contributed by atoms with Gasteiger partial charge in [0, 0.05) is 19.7 Å². The summed E-state index contributed by atoms with van der Waals surface area (Å²) in [6.07, 6.45) is 1.34. The van der Waals surface area contributed by atoms with Gasteiger partial charge in [-0.05, 0) is 11.8 Å². The zero-order chi connectivity index (χ0) is 12.5. The fourth-order valence-corrected chi connectivity index (χ4v) is 1.95. The SMILES string of the molecule is CC(C)c1ncc(F)c(C(C)C)c1N(C)C. The van der Waals surface area contributed by atoms with Crippen molar-refractivity contribution in [2.24, 2.45) is 0 Å². The summed E-state index contributed by atoms with van der Waals surface area (Å²) in [5, 5.41) is 0. The Morgan fingerprint density at radius 2 is 1.69 bits per heavy atom. The van der Waals surface area contributed by atoms with E-state index in [1.807, 2.05) is 32.8 Å². The maximum atomic E-state index is 13.8. The highest BCUT2D eigenvalue weighted by Crippen LogP contribution is 2.34. The highest BCUT2D eigenvalue weighted by Gasteiger charge is 2.20. The molecule has 90 valence electrons. The van der Waals surface area contributed by atoms with E-state index in [0.29, 0.717) is 5.92 Å². The van der Waals surface area contributed by atoms with Crippen LogP contribution < -0.4 is 4.90 Å². The molecule has 16 heavy (non-hydrogen) atoms. The standard InChI is InChI=1S/C13H21FN2/c1-8(2)11-10(14)7-15-12(9(3)4)13(11)16(5)6/h7-9H,1-6H3. The zero-order valence-electron chi connectivity index (χ0n) is 11.0. The Morgan fingerprint density at radius 3 is 2.06 bits per heavy atom. The van der Waals surface area contributed by atoms with Crippen LogP contribution in [0.3, 0.4) is 0 Å². The Hall–Kier alpha value is -1.12. The normalized spacial score (nSPS) is 11.3. The third kappa shape index (κ3) is 2.34. The first kappa shape index (κ1) is 12.9.